The van der Waals surface area contributed by atoms with Gasteiger partial charge in [-0.3, -0.25) is 4.79 Å². The van der Waals surface area contributed by atoms with Gasteiger partial charge in [-0.25, -0.2) is 15.1 Å². The SMILES string of the molecule is COc1ccc(/C=N/NC(=O)c2nnn(-c3cc(C(F)(F)F)nc4c(C(F)(F)F)cccc34)c2C)c(OC)c1OC. The van der Waals surface area contributed by atoms with Crippen molar-refractivity contribution in [3.63, 3.8) is 0 Å². The highest BCUT2D eigenvalue weighted by atomic mass is 19.4. The Labute approximate surface area is 227 Å². The fourth-order valence-electron chi connectivity index (χ4n) is 3.99. The van der Waals surface area contributed by atoms with Crippen LogP contribution in [0.5, 0.6) is 17.2 Å². The smallest absolute Gasteiger partial charge is 0.433 e. The topological polar surface area (TPSA) is 113 Å². The van der Waals surface area contributed by atoms with E-state index in [0.29, 0.717) is 23.4 Å². The number of benzene rings is 2. The zero-order chi connectivity index (χ0) is 30.1. The Hall–Kier alpha value is -4.89. The number of alkyl halides is 6. The molecule has 0 saturated carbocycles. The van der Waals surface area contributed by atoms with Gasteiger partial charge in [-0.15, -0.1) is 5.10 Å². The van der Waals surface area contributed by atoms with E-state index in [-0.39, 0.29) is 28.3 Å². The van der Waals surface area contributed by atoms with Crippen molar-refractivity contribution in [3.8, 4) is 22.9 Å². The van der Waals surface area contributed by atoms with Gasteiger partial charge in [0.15, 0.2) is 17.2 Å². The second-order valence-corrected chi connectivity index (χ2v) is 8.28. The summed E-state index contributed by atoms with van der Waals surface area (Å²) in [6.45, 7) is 1.31. The number of para-hydroxylation sites is 1. The van der Waals surface area contributed by atoms with Gasteiger partial charge in [0.2, 0.25) is 5.75 Å². The third-order valence-corrected chi connectivity index (χ3v) is 5.86. The summed E-state index contributed by atoms with van der Waals surface area (Å²) in [5.74, 6) is 0.0306. The lowest BCUT2D eigenvalue weighted by molar-refractivity contribution is -0.142. The van der Waals surface area contributed by atoms with Crippen molar-refractivity contribution < 1.29 is 45.3 Å². The molecule has 0 unspecified atom stereocenters. The highest BCUT2D eigenvalue weighted by molar-refractivity contribution is 5.95. The Morgan fingerprint density at radius 2 is 1.68 bits per heavy atom. The Kier molecular flexibility index (Phi) is 7.76. The van der Waals surface area contributed by atoms with Crippen molar-refractivity contribution in [3.05, 3.63) is 64.6 Å². The molecule has 2 heterocycles. The van der Waals surface area contributed by atoms with Crippen LogP contribution in [0.4, 0.5) is 26.3 Å². The van der Waals surface area contributed by atoms with Crippen molar-refractivity contribution in [2.45, 2.75) is 19.3 Å². The molecule has 0 atom stereocenters. The van der Waals surface area contributed by atoms with Crippen LogP contribution in [-0.2, 0) is 12.4 Å². The monoisotopic (exact) mass is 582 g/mol. The van der Waals surface area contributed by atoms with E-state index in [0.717, 1.165) is 16.8 Å². The number of carbonyl (C=O) groups excluding carboxylic acids is 1. The maximum absolute atomic E-state index is 13.6. The predicted molar refractivity (Wildman–Crippen MR) is 133 cm³/mol. The number of carbonyl (C=O) groups is 1. The molecule has 0 saturated heterocycles. The molecule has 0 radical (unpaired) electrons. The van der Waals surface area contributed by atoms with Gasteiger partial charge in [-0.2, -0.15) is 31.4 Å². The summed E-state index contributed by atoms with van der Waals surface area (Å²) in [7, 11) is 4.23. The maximum atomic E-state index is 13.6. The Morgan fingerprint density at radius 3 is 2.29 bits per heavy atom. The third kappa shape index (κ3) is 5.57. The normalized spacial score (nSPS) is 12.1. The van der Waals surface area contributed by atoms with E-state index in [9.17, 15) is 31.1 Å². The van der Waals surface area contributed by atoms with Crippen LogP contribution in [0.2, 0.25) is 0 Å². The van der Waals surface area contributed by atoms with Crippen LogP contribution in [0.3, 0.4) is 0 Å². The van der Waals surface area contributed by atoms with Gasteiger partial charge in [0.1, 0.15) is 5.69 Å². The molecule has 2 aromatic carbocycles. The first-order chi connectivity index (χ1) is 19.3. The second-order valence-electron chi connectivity index (χ2n) is 8.28. The molecule has 0 aliphatic rings. The molecular formula is C25H20F6N6O4. The minimum atomic E-state index is -5.07. The van der Waals surface area contributed by atoms with Crippen LogP contribution < -0.4 is 19.6 Å². The lowest BCUT2D eigenvalue weighted by Gasteiger charge is -2.15. The molecule has 10 nitrogen and oxygen atoms in total. The Bertz CT molecular complexity index is 1650. The van der Waals surface area contributed by atoms with Crippen molar-refractivity contribution in [2.75, 3.05) is 21.3 Å². The summed E-state index contributed by atoms with van der Waals surface area (Å²) in [6, 6.07) is 6.51. The molecule has 0 aliphatic carbocycles. The van der Waals surface area contributed by atoms with Gasteiger partial charge in [-0.1, -0.05) is 17.3 Å². The zero-order valence-corrected chi connectivity index (χ0v) is 21.7. The number of hydrazone groups is 1. The van der Waals surface area contributed by atoms with Crippen LogP contribution in [0, 0.1) is 6.92 Å². The summed E-state index contributed by atoms with van der Waals surface area (Å²) < 4.78 is 98.2. The summed E-state index contributed by atoms with van der Waals surface area (Å²) in [5, 5.41) is 11.0. The lowest BCUT2D eigenvalue weighted by Crippen LogP contribution is -2.19. The molecule has 4 aromatic rings. The van der Waals surface area contributed by atoms with Crippen LogP contribution in [0.15, 0.2) is 41.5 Å². The molecule has 216 valence electrons. The predicted octanol–water partition coefficient (Wildman–Crippen LogP) is 4.95. The van der Waals surface area contributed by atoms with E-state index in [1.54, 1.807) is 12.1 Å². The molecule has 4 rings (SSSR count). The first-order valence-electron chi connectivity index (χ1n) is 11.4. The van der Waals surface area contributed by atoms with E-state index in [1.165, 1.54) is 34.5 Å². The van der Waals surface area contributed by atoms with E-state index in [4.69, 9.17) is 14.2 Å². The lowest BCUT2D eigenvalue weighted by atomic mass is 10.1. The number of nitrogens with zero attached hydrogens (tertiary/aromatic N) is 5. The number of hydrogen-bond donors (Lipinski definition) is 1. The molecule has 1 N–H and O–H groups in total. The van der Waals surface area contributed by atoms with Crippen molar-refractivity contribution in [1.29, 1.82) is 0 Å². The number of nitrogens with one attached hydrogen (secondary N) is 1. The van der Waals surface area contributed by atoms with Crippen LogP contribution >= 0.6 is 0 Å². The average Bonchev–Trinajstić information content (AvgIpc) is 3.31. The minimum absolute atomic E-state index is 0.0700. The largest absolute Gasteiger partial charge is 0.493 e. The highest BCUT2D eigenvalue weighted by Gasteiger charge is 2.38. The van der Waals surface area contributed by atoms with Gasteiger partial charge < -0.3 is 14.2 Å². The Morgan fingerprint density at radius 1 is 0.976 bits per heavy atom. The zero-order valence-electron chi connectivity index (χ0n) is 21.7. The average molecular weight is 582 g/mol. The first kappa shape index (κ1) is 29.1. The number of aromatic nitrogens is 4. The molecule has 2 aromatic heterocycles. The molecule has 1 amide bonds. The quantitative estimate of drug-likeness (QED) is 0.186. The standard InChI is InChI=1S/C25H20F6N6O4/c1-12-19(23(38)35-32-11-13-8-9-17(39-2)22(41-4)21(13)40-3)34-36-37(12)16-10-18(25(29,30)31)33-20-14(16)6-5-7-15(20)24(26,27)28/h5-11H,1-4H3,(H,35,38)/b32-11+. The summed E-state index contributed by atoms with van der Waals surface area (Å²) in [6.07, 6.45) is -8.82. The van der Waals surface area contributed by atoms with Gasteiger partial charge in [0.25, 0.3) is 5.91 Å². The van der Waals surface area contributed by atoms with E-state index in [1.807, 2.05) is 0 Å². The van der Waals surface area contributed by atoms with Gasteiger partial charge in [-0.05, 0) is 31.2 Å². The molecule has 0 aliphatic heterocycles. The first-order valence-corrected chi connectivity index (χ1v) is 11.4. The number of pyridine rings is 1. The van der Waals surface area contributed by atoms with Gasteiger partial charge >= 0.3 is 12.4 Å². The number of hydrogen-bond acceptors (Lipinski definition) is 8. The van der Waals surface area contributed by atoms with Gasteiger partial charge in [0, 0.05) is 10.9 Å². The molecule has 0 spiro atoms. The highest BCUT2D eigenvalue weighted by Crippen LogP contribution is 2.40. The van der Waals surface area contributed by atoms with Crippen molar-refractivity contribution in [1.82, 2.24) is 25.4 Å². The van der Waals surface area contributed by atoms with Gasteiger partial charge in [0.05, 0.1) is 50.0 Å². The van der Waals surface area contributed by atoms with Crippen LogP contribution in [0.1, 0.15) is 33.0 Å². The number of halogens is 6. The second kappa shape index (κ2) is 10.9. The summed E-state index contributed by atoms with van der Waals surface area (Å²) in [5.41, 5.74) is -2.07. The number of rotatable bonds is 7. The number of fused-ring (bicyclic) bond motifs is 1. The number of methoxy groups -OCH3 is 3. The number of ether oxygens (including phenoxy) is 3. The van der Waals surface area contributed by atoms with Crippen LogP contribution in [0.25, 0.3) is 16.6 Å². The summed E-state index contributed by atoms with van der Waals surface area (Å²) >= 11 is 0. The minimum Gasteiger partial charge on any atom is -0.493 e. The van der Waals surface area contributed by atoms with Crippen molar-refractivity contribution >= 4 is 23.0 Å². The van der Waals surface area contributed by atoms with E-state index < -0.39 is 40.7 Å². The molecule has 0 bridgehead atoms. The molecule has 41 heavy (non-hydrogen) atoms. The van der Waals surface area contributed by atoms with Crippen molar-refractivity contribution in [2.24, 2.45) is 5.10 Å². The van der Waals surface area contributed by atoms with E-state index >= 15 is 0 Å². The molecule has 16 heteroatoms. The van der Waals surface area contributed by atoms with Crippen LogP contribution in [-0.4, -0.2) is 53.4 Å². The fourth-order valence-corrected chi connectivity index (χ4v) is 3.99. The summed E-state index contributed by atoms with van der Waals surface area (Å²) in [4.78, 5) is 16.0. The number of amides is 1. The molecule has 0 fully saturated rings. The molecular weight excluding hydrogens is 562 g/mol. The third-order valence-electron chi connectivity index (χ3n) is 5.86. The Balaban J connectivity index is 1.72. The fraction of sp³-hybridized carbons (Fsp3) is 0.240. The van der Waals surface area contributed by atoms with E-state index in [2.05, 4.69) is 25.8 Å². The maximum Gasteiger partial charge on any atom is 0.433 e.